The van der Waals surface area contributed by atoms with Crippen LogP contribution in [-0.2, 0) is 0 Å². The summed E-state index contributed by atoms with van der Waals surface area (Å²) in [5.74, 6) is 0.556. The summed E-state index contributed by atoms with van der Waals surface area (Å²) in [4.78, 5) is 12.6. The van der Waals surface area contributed by atoms with Gasteiger partial charge in [0.1, 0.15) is 5.75 Å². The fourth-order valence-corrected chi connectivity index (χ4v) is 3.24. The molecule has 25 heavy (non-hydrogen) atoms. The zero-order valence-electron chi connectivity index (χ0n) is 14.5. The third kappa shape index (κ3) is 3.77. The van der Waals surface area contributed by atoms with Crippen molar-refractivity contribution in [3.05, 3.63) is 35.7 Å². The highest BCUT2D eigenvalue weighted by atomic mass is 35.5. The van der Waals surface area contributed by atoms with Crippen molar-refractivity contribution in [1.29, 1.82) is 0 Å². The van der Waals surface area contributed by atoms with Crippen LogP contribution in [0.1, 0.15) is 41.9 Å². The maximum absolute atomic E-state index is 12.6. The number of carbonyl (C=O) groups is 1. The highest BCUT2D eigenvalue weighted by Crippen LogP contribution is 2.29. The van der Waals surface area contributed by atoms with E-state index in [2.05, 4.69) is 15.6 Å². The first-order chi connectivity index (χ1) is 11.6. The van der Waals surface area contributed by atoms with Gasteiger partial charge in [0.05, 0.1) is 24.0 Å². The molecule has 0 spiro atoms. The van der Waals surface area contributed by atoms with Crippen LogP contribution in [0.2, 0.25) is 0 Å². The number of hydrogen-bond acceptors (Lipinski definition) is 5. The van der Waals surface area contributed by atoms with Crippen molar-refractivity contribution in [2.75, 3.05) is 13.7 Å². The minimum absolute atomic E-state index is 0. The molecule has 0 radical (unpaired) electrons. The molecule has 1 aliphatic carbocycles. The second-order valence-electron chi connectivity index (χ2n) is 6.28. The quantitative estimate of drug-likeness (QED) is 0.845. The van der Waals surface area contributed by atoms with Crippen LogP contribution in [0.25, 0.3) is 5.69 Å². The van der Waals surface area contributed by atoms with Crippen molar-refractivity contribution in [3.63, 3.8) is 0 Å². The van der Waals surface area contributed by atoms with Crippen LogP contribution in [0.4, 0.5) is 0 Å². The number of nitrogens with zero attached hydrogens (tertiary/aromatic N) is 3. The molecule has 7 nitrogen and oxygen atoms in total. The number of methoxy groups -OCH3 is 1. The van der Waals surface area contributed by atoms with Crippen LogP contribution in [0.5, 0.6) is 5.75 Å². The lowest BCUT2D eigenvalue weighted by Crippen LogP contribution is -2.51. The van der Waals surface area contributed by atoms with E-state index in [4.69, 9.17) is 10.5 Å². The van der Waals surface area contributed by atoms with Gasteiger partial charge in [-0.05, 0) is 44.0 Å². The van der Waals surface area contributed by atoms with Gasteiger partial charge in [-0.1, -0.05) is 18.1 Å². The van der Waals surface area contributed by atoms with Crippen molar-refractivity contribution in [2.45, 2.75) is 38.1 Å². The summed E-state index contributed by atoms with van der Waals surface area (Å²) in [7, 11) is 1.62. The summed E-state index contributed by atoms with van der Waals surface area (Å²) < 4.78 is 6.81. The van der Waals surface area contributed by atoms with Crippen LogP contribution in [0.3, 0.4) is 0 Å². The summed E-state index contributed by atoms with van der Waals surface area (Å²) in [6, 6.07) is 7.44. The highest BCUT2D eigenvalue weighted by Gasteiger charge is 2.35. The molecule has 1 saturated carbocycles. The van der Waals surface area contributed by atoms with Gasteiger partial charge in [-0.15, -0.1) is 17.5 Å². The summed E-state index contributed by atoms with van der Waals surface area (Å²) >= 11 is 0. The van der Waals surface area contributed by atoms with Gasteiger partial charge in [-0.2, -0.15) is 0 Å². The number of halogens is 1. The van der Waals surface area contributed by atoms with E-state index in [1.54, 1.807) is 11.8 Å². The van der Waals surface area contributed by atoms with E-state index in [-0.39, 0.29) is 23.9 Å². The van der Waals surface area contributed by atoms with Gasteiger partial charge in [0.2, 0.25) is 0 Å². The molecule has 8 heteroatoms. The Balaban J connectivity index is 0.00000225. The Hall–Kier alpha value is -2.12. The second kappa shape index (κ2) is 7.84. The van der Waals surface area contributed by atoms with Crippen molar-refractivity contribution in [1.82, 2.24) is 20.3 Å². The van der Waals surface area contributed by atoms with E-state index < -0.39 is 0 Å². The van der Waals surface area contributed by atoms with Gasteiger partial charge in [-0.3, -0.25) is 4.79 Å². The number of rotatable bonds is 5. The fraction of sp³-hybridized carbons (Fsp3) is 0.471. The molecule has 136 valence electrons. The summed E-state index contributed by atoms with van der Waals surface area (Å²) in [5, 5.41) is 11.3. The van der Waals surface area contributed by atoms with Crippen LogP contribution < -0.4 is 15.8 Å². The maximum atomic E-state index is 12.6. The Bertz CT molecular complexity index is 723. The molecule has 0 atom stereocenters. The molecule has 2 aromatic rings. The van der Waals surface area contributed by atoms with Crippen LogP contribution in [-0.4, -0.2) is 40.1 Å². The number of nitrogens with one attached hydrogen (secondary N) is 1. The van der Waals surface area contributed by atoms with E-state index in [1.807, 2.05) is 31.2 Å². The number of amides is 1. The average molecular weight is 366 g/mol. The number of benzene rings is 1. The summed E-state index contributed by atoms with van der Waals surface area (Å²) in [6.45, 7) is 2.29. The smallest absolute Gasteiger partial charge is 0.274 e. The molecule has 0 bridgehead atoms. The summed E-state index contributed by atoms with van der Waals surface area (Å²) in [5.41, 5.74) is 7.45. The molecule has 1 aromatic carbocycles. The molecule has 1 heterocycles. The number of ether oxygens (including phenoxy) is 1. The van der Waals surface area contributed by atoms with Gasteiger partial charge in [0.25, 0.3) is 5.91 Å². The van der Waals surface area contributed by atoms with Gasteiger partial charge >= 0.3 is 0 Å². The van der Waals surface area contributed by atoms with Crippen molar-refractivity contribution in [2.24, 2.45) is 5.73 Å². The average Bonchev–Trinajstić information content (AvgIpc) is 3.22. The van der Waals surface area contributed by atoms with Crippen molar-refractivity contribution < 1.29 is 9.53 Å². The topological polar surface area (TPSA) is 95.1 Å². The van der Waals surface area contributed by atoms with Crippen LogP contribution in [0, 0.1) is 6.92 Å². The lowest BCUT2D eigenvalue weighted by atomic mass is 9.97. The minimum atomic E-state index is -0.298. The van der Waals surface area contributed by atoms with Gasteiger partial charge < -0.3 is 15.8 Å². The molecule has 1 amide bonds. The molecule has 3 rings (SSSR count). The Labute approximate surface area is 153 Å². The first-order valence-corrected chi connectivity index (χ1v) is 8.18. The Morgan fingerprint density at radius 2 is 1.96 bits per heavy atom. The standard InChI is InChI=1S/C17H23N5O2.ClH/c1-12-15(16(23)19-17(11-18)9-3-4-10-17)20-21-22(12)13-5-7-14(24-2)8-6-13;/h5-8H,3-4,9-11,18H2,1-2H3,(H,19,23);1H. The number of nitrogens with two attached hydrogens (primary N) is 1. The van der Waals surface area contributed by atoms with E-state index in [0.717, 1.165) is 37.1 Å². The minimum Gasteiger partial charge on any atom is -0.497 e. The molecule has 0 unspecified atom stereocenters. The third-order valence-corrected chi connectivity index (χ3v) is 4.76. The van der Waals surface area contributed by atoms with Crippen molar-refractivity contribution in [3.8, 4) is 11.4 Å². The molecule has 3 N–H and O–H groups in total. The molecule has 1 fully saturated rings. The lowest BCUT2D eigenvalue weighted by Gasteiger charge is -2.28. The molecular weight excluding hydrogens is 342 g/mol. The van der Waals surface area contributed by atoms with E-state index in [9.17, 15) is 4.79 Å². The molecule has 0 saturated heterocycles. The largest absolute Gasteiger partial charge is 0.497 e. The first-order valence-electron chi connectivity index (χ1n) is 8.18. The molecule has 1 aliphatic rings. The molecule has 1 aromatic heterocycles. The Kier molecular flexibility index (Phi) is 6.02. The maximum Gasteiger partial charge on any atom is 0.274 e. The van der Waals surface area contributed by atoms with Gasteiger partial charge in [0.15, 0.2) is 5.69 Å². The van der Waals surface area contributed by atoms with E-state index in [0.29, 0.717) is 17.9 Å². The third-order valence-electron chi connectivity index (χ3n) is 4.76. The number of carbonyl (C=O) groups excluding carboxylic acids is 1. The molecular formula is C17H24ClN5O2. The Morgan fingerprint density at radius 1 is 1.32 bits per heavy atom. The SMILES string of the molecule is COc1ccc(-n2nnc(C(=O)NC3(CN)CCCC3)c2C)cc1.Cl. The normalized spacial score (nSPS) is 15.5. The number of aromatic nitrogens is 3. The number of hydrogen-bond donors (Lipinski definition) is 2. The Morgan fingerprint density at radius 3 is 2.52 bits per heavy atom. The van der Waals surface area contributed by atoms with Crippen LogP contribution in [0.15, 0.2) is 24.3 Å². The predicted octanol–water partition coefficient (Wildman–Crippen LogP) is 2.01. The predicted molar refractivity (Wildman–Crippen MR) is 97.6 cm³/mol. The van der Waals surface area contributed by atoms with Gasteiger partial charge in [-0.25, -0.2) is 4.68 Å². The van der Waals surface area contributed by atoms with Crippen molar-refractivity contribution >= 4 is 18.3 Å². The van der Waals surface area contributed by atoms with Crippen LogP contribution >= 0.6 is 12.4 Å². The molecule has 0 aliphatic heterocycles. The van der Waals surface area contributed by atoms with E-state index in [1.165, 1.54) is 0 Å². The zero-order chi connectivity index (χ0) is 17.2. The zero-order valence-corrected chi connectivity index (χ0v) is 15.3. The summed E-state index contributed by atoms with van der Waals surface area (Å²) in [6.07, 6.45) is 4.02. The highest BCUT2D eigenvalue weighted by molar-refractivity contribution is 5.93. The fourth-order valence-electron chi connectivity index (χ4n) is 3.24. The first kappa shape index (κ1) is 19.2. The van der Waals surface area contributed by atoms with E-state index >= 15 is 0 Å². The monoisotopic (exact) mass is 365 g/mol. The lowest BCUT2D eigenvalue weighted by molar-refractivity contribution is 0.0897. The second-order valence-corrected chi connectivity index (χ2v) is 6.28. The van der Waals surface area contributed by atoms with Gasteiger partial charge in [0, 0.05) is 6.54 Å².